The first kappa shape index (κ1) is 12.5. The van der Waals surface area contributed by atoms with Crippen LogP contribution in [0.15, 0.2) is 24.3 Å². The Morgan fingerprint density at radius 1 is 1.25 bits per heavy atom. The summed E-state index contributed by atoms with van der Waals surface area (Å²) in [5.41, 5.74) is 1.15. The van der Waals surface area contributed by atoms with Crippen LogP contribution in [0.2, 0.25) is 0 Å². The molecule has 0 saturated heterocycles. The number of hydrogen-bond donors (Lipinski definition) is 1. The van der Waals surface area contributed by atoms with E-state index < -0.39 is 0 Å². The van der Waals surface area contributed by atoms with Crippen molar-refractivity contribution in [1.82, 2.24) is 5.32 Å². The third kappa shape index (κ3) is 4.33. The predicted molar refractivity (Wildman–Crippen MR) is 64.1 cm³/mol. The zero-order chi connectivity index (χ0) is 12.0. The van der Waals surface area contributed by atoms with Crippen LogP contribution in [0, 0.1) is 11.3 Å². The van der Waals surface area contributed by atoms with Crippen LogP contribution in [-0.2, 0) is 6.54 Å². The average Bonchev–Trinajstić information content (AvgIpc) is 2.27. The molecule has 0 fully saturated rings. The summed E-state index contributed by atoms with van der Waals surface area (Å²) in [7, 11) is 0. The highest BCUT2D eigenvalue weighted by Gasteiger charge is 2.00. The number of nitrogens with one attached hydrogen (secondary N) is 1. The predicted octanol–water partition coefficient (Wildman–Crippen LogP) is 2.48. The van der Waals surface area contributed by atoms with Gasteiger partial charge in [0.1, 0.15) is 5.75 Å². The molecule has 0 aromatic heterocycles. The molecule has 86 valence electrons. The molecule has 1 aromatic rings. The van der Waals surface area contributed by atoms with E-state index in [0.717, 1.165) is 11.3 Å². The molecule has 0 aliphatic rings. The molecule has 3 heteroatoms. The average molecular weight is 218 g/mol. The Morgan fingerprint density at radius 3 is 2.38 bits per heavy atom. The summed E-state index contributed by atoms with van der Waals surface area (Å²) in [6.45, 7) is 6.56. The normalized spacial score (nSPS) is 12.2. The van der Waals surface area contributed by atoms with Crippen molar-refractivity contribution in [2.45, 2.75) is 39.5 Å². The van der Waals surface area contributed by atoms with Crippen molar-refractivity contribution in [3.63, 3.8) is 0 Å². The van der Waals surface area contributed by atoms with Crippen molar-refractivity contribution in [3.8, 4) is 11.8 Å². The van der Waals surface area contributed by atoms with Crippen LogP contribution in [-0.4, -0.2) is 12.1 Å². The van der Waals surface area contributed by atoms with Gasteiger partial charge in [-0.25, -0.2) is 0 Å². The van der Waals surface area contributed by atoms with Gasteiger partial charge in [0, 0.05) is 6.54 Å². The summed E-state index contributed by atoms with van der Waals surface area (Å²) in [5, 5.41) is 11.7. The van der Waals surface area contributed by atoms with Crippen molar-refractivity contribution < 1.29 is 4.74 Å². The van der Waals surface area contributed by atoms with Gasteiger partial charge in [-0.3, -0.25) is 5.32 Å². The van der Waals surface area contributed by atoms with Gasteiger partial charge < -0.3 is 4.74 Å². The lowest BCUT2D eigenvalue weighted by Gasteiger charge is -2.10. The van der Waals surface area contributed by atoms with Crippen LogP contribution in [0.5, 0.6) is 5.75 Å². The minimum atomic E-state index is -0.119. The van der Waals surface area contributed by atoms with Gasteiger partial charge in [-0.2, -0.15) is 5.26 Å². The van der Waals surface area contributed by atoms with Gasteiger partial charge in [-0.15, -0.1) is 0 Å². The molecular weight excluding hydrogens is 200 g/mol. The molecule has 0 amide bonds. The highest BCUT2D eigenvalue weighted by atomic mass is 16.5. The molecule has 3 nitrogen and oxygen atoms in total. The minimum Gasteiger partial charge on any atom is -0.491 e. The highest BCUT2D eigenvalue weighted by Crippen LogP contribution is 2.13. The molecule has 0 saturated carbocycles. The Kier molecular flexibility index (Phi) is 4.81. The Balaban J connectivity index is 2.49. The fourth-order valence-electron chi connectivity index (χ4n) is 1.27. The number of rotatable bonds is 5. The minimum absolute atomic E-state index is 0.119. The maximum Gasteiger partial charge on any atom is 0.119 e. The number of hydrogen-bond acceptors (Lipinski definition) is 3. The second kappa shape index (κ2) is 6.14. The zero-order valence-electron chi connectivity index (χ0n) is 10.0. The molecule has 0 aliphatic carbocycles. The third-order valence-electron chi connectivity index (χ3n) is 2.10. The van der Waals surface area contributed by atoms with E-state index >= 15 is 0 Å². The van der Waals surface area contributed by atoms with Crippen LogP contribution in [0.3, 0.4) is 0 Å². The molecule has 1 aromatic carbocycles. The molecule has 0 aliphatic heterocycles. The van der Waals surface area contributed by atoms with Crippen LogP contribution in [0.1, 0.15) is 26.3 Å². The van der Waals surface area contributed by atoms with E-state index in [0.29, 0.717) is 6.54 Å². The molecule has 0 radical (unpaired) electrons. The Morgan fingerprint density at radius 2 is 1.88 bits per heavy atom. The summed E-state index contributed by atoms with van der Waals surface area (Å²) in [4.78, 5) is 0. The van der Waals surface area contributed by atoms with Gasteiger partial charge in [0.15, 0.2) is 0 Å². The fourth-order valence-corrected chi connectivity index (χ4v) is 1.27. The van der Waals surface area contributed by atoms with Gasteiger partial charge in [-0.05, 0) is 38.5 Å². The lowest BCUT2D eigenvalue weighted by Crippen LogP contribution is -2.23. The number of ether oxygens (including phenoxy) is 1. The molecule has 1 unspecified atom stereocenters. The van der Waals surface area contributed by atoms with Gasteiger partial charge in [0.2, 0.25) is 0 Å². The monoisotopic (exact) mass is 218 g/mol. The van der Waals surface area contributed by atoms with Crippen LogP contribution in [0.25, 0.3) is 0 Å². The van der Waals surface area contributed by atoms with E-state index in [2.05, 4.69) is 11.4 Å². The Hall–Kier alpha value is -1.53. The van der Waals surface area contributed by atoms with Gasteiger partial charge in [-0.1, -0.05) is 12.1 Å². The van der Waals surface area contributed by atoms with Crippen molar-refractivity contribution in [1.29, 1.82) is 5.26 Å². The van der Waals surface area contributed by atoms with E-state index in [4.69, 9.17) is 10.00 Å². The maximum absolute atomic E-state index is 8.62. The van der Waals surface area contributed by atoms with Crippen molar-refractivity contribution in [3.05, 3.63) is 29.8 Å². The third-order valence-corrected chi connectivity index (χ3v) is 2.10. The van der Waals surface area contributed by atoms with Crippen LogP contribution in [0.4, 0.5) is 0 Å². The highest BCUT2D eigenvalue weighted by molar-refractivity contribution is 5.27. The second-order valence-corrected chi connectivity index (χ2v) is 4.04. The quantitative estimate of drug-likeness (QED) is 0.825. The standard InChI is InChI=1S/C13H18N2O/c1-10(2)16-13-6-4-12(5-7-13)9-15-11(3)8-14/h4-7,10-11,15H,9H2,1-3H3. The molecule has 1 N–H and O–H groups in total. The van der Waals surface area contributed by atoms with Crippen LogP contribution >= 0.6 is 0 Å². The topological polar surface area (TPSA) is 45.0 Å². The van der Waals surface area contributed by atoms with Crippen molar-refractivity contribution in [2.24, 2.45) is 0 Å². The lowest BCUT2D eigenvalue weighted by atomic mass is 10.2. The lowest BCUT2D eigenvalue weighted by molar-refractivity contribution is 0.242. The molecular formula is C13H18N2O. The molecule has 0 spiro atoms. The summed E-state index contributed by atoms with van der Waals surface area (Å²) in [6, 6.07) is 9.94. The Labute approximate surface area is 97.0 Å². The number of benzene rings is 1. The molecule has 0 bridgehead atoms. The summed E-state index contributed by atoms with van der Waals surface area (Å²) in [5.74, 6) is 0.882. The van der Waals surface area contributed by atoms with E-state index in [1.807, 2.05) is 45.0 Å². The Bertz CT molecular complexity index is 351. The molecule has 0 heterocycles. The first-order valence-corrected chi connectivity index (χ1v) is 5.50. The SMILES string of the molecule is CC(C#N)NCc1ccc(OC(C)C)cc1. The molecule has 16 heavy (non-hydrogen) atoms. The first-order valence-electron chi connectivity index (χ1n) is 5.50. The van der Waals surface area contributed by atoms with Gasteiger partial charge >= 0.3 is 0 Å². The van der Waals surface area contributed by atoms with Crippen molar-refractivity contribution >= 4 is 0 Å². The molecule has 1 atom stereocenters. The van der Waals surface area contributed by atoms with E-state index in [1.54, 1.807) is 0 Å². The number of nitriles is 1. The van der Waals surface area contributed by atoms with E-state index in [-0.39, 0.29) is 12.1 Å². The fraction of sp³-hybridized carbons (Fsp3) is 0.462. The zero-order valence-corrected chi connectivity index (χ0v) is 10.0. The first-order chi connectivity index (χ1) is 7.61. The van der Waals surface area contributed by atoms with E-state index in [9.17, 15) is 0 Å². The van der Waals surface area contributed by atoms with Crippen molar-refractivity contribution in [2.75, 3.05) is 0 Å². The largest absolute Gasteiger partial charge is 0.491 e. The molecule has 1 rings (SSSR count). The summed E-state index contributed by atoms with van der Waals surface area (Å²) >= 11 is 0. The number of nitrogens with zero attached hydrogens (tertiary/aromatic N) is 1. The van der Waals surface area contributed by atoms with Crippen LogP contribution < -0.4 is 10.1 Å². The smallest absolute Gasteiger partial charge is 0.119 e. The second-order valence-electron chi connectivity index (χ2n) is 4.04. The van der Waals surface area contributed by atoms with Gasteiger partial charge in [0.25, 0.3) is 0 Å². The maximum atomic E-state index is 8.62. The summed E-state index contributed by atoms with van der Waals surface area (Å²) < 4.78 is 5.54. The summed E-state index contributed by atoms with van der Waals surface area (Å²) in [6.07, 6.45) is 0.197. The van der Waals surface area contributed by atoms with E-state index in [1.165, 1.54) is 0 Å². The van der Waals surface area contributed by atoms with Gasteiger partial charge in [0.05, 0.1) is 18.2 Å².